The van der Waals surface area contributed by atoms with Crippen LogP contribution in [0.1, 0.15) is 42.1 Å². The SMILES string of the molecule is CCCCOc1ccc(N2C(=O)CC(Sc3ccc(NC(=O)/C(=C/c4cccnc4)NC(=O)c4ccccc4)cc3)C2=O)cc1. The van der Waals surface area contributed by atoms with Gasteiger partial charge in [0.25, 0.3) is 11.8 Å². The van der Waals surface area contributed by atoms with Crippen LogP contribution in [0, 0.1) is 0 Å². The van der Waals surface area contributed by atoms with Crippen molar-refractivity contribution in [1.82, 2.24) is 10.3 Å². The summed E-state index contributed by atoms with van der Waals surface area (Å²) < 4.78 is 5.68. The largest absolute Gasteiger partial charge is 0.494 e. The average Bonchev–Trinajstić information content (AvgIpc) is 3.34. The van der Waals surface area contributed by atoms with E-state index in [2.05, 4.69) is 22.5 Å². The maximum atomic E-state index is 13.3. The molecule has 0 bridgehead atoms. The summed E-state index contributed by atoms with van der Waals surface area (Å²) in [6.07, 6.45) is 6.82. The average molecular weight is 621 g/mol. The fraction of sp³-hybridized carbons (Fsp3) is 0.171. The molecule has 0 radical (unpaired) electrons. The van der Waals surface area contributed by atoms with Crippen LogP contribution in [0.15, 0.2) is 114 Å². The number of carbonyl (C=O) groups excluding carboxylic acids is 4. The number of ether oxygens (including phenoxy) is 1. The quantitative estimate of drug-likeness (QED) is 0.112. The highest BCUT2D eigenvalue weighted by atomic mass is 32.2. The molecule has 2 heterocycles. The molecule has 0 aliphatic carbocycles. The molecule has 1 atom stereocenters. The van der Waals surface area contributed by atoms with E-state index in [0.29, 0.717) is 34.9 Å². The van der Waals surface area contributed by atoms with Crippen molar-refractivity contribution in [2.24, 2.45) is 0 Å². The summed E-state index contributed by atoms with van der Waals surface area (Å²) in [5.41, 5.74) is 2.11. The van der Waals surface area contributed by atoms with Crippen LogP contribution >= 0.6 is 11.8 Å². The Kier molecular flexibility index (Phi) is 10.4. The Morgan fingerprint density at radius 1 is 0.978 bits per heavy atom. The van der Waals surface area contributed by atoms with Gasteiger partial charge in [0.1, 0.15) is 11.4 Å². The lowest BCUT2D eigenvalue weighted by molar-refractivity contribution is -0.121. The highest BCUT2D eigenvalue weighted by Gasteiger charge is 2.40. The molecule has 5 rings (SSSR count). The number of anilines is 2. The van der Waals surface area contributed by atoms with E-state index in [1.54, 1.807) is 109 Å². The van der Waals surface area contributed by atoms with Crippen molar-refractivity contribution >= 4 is 52.8 Å². The molecule has 3 aromatic carbocycles. The molecule has 10 heteroatoms. The first-order valence-electron chi connectivity index (χ1n) is 14.6. The minimum atomic E-state index is -0.569. The van der Waals surface area contributed by atoms with Crippen molar-refractivity contribution in [2.45, 2.75) is 36.3 Å². The number of aromatic nitrogens is 1. The second kappa shape index (κ2) is 15.0. The molecule has 0 spiro atoms. The van der Waals surface area contributed by atoms with E-state index in [0.717, 1.165) is 17.7 Å². The predicted octanol–water partition coefficient (Wildman–Crippen LogP) is 6.09. The van der Waals surface area contributed by atoms with Crippen LogP contribution in [0.4, 0.5) is 11.4 Å². The molecular weight excluding hydrogens is 588 g/mol. The van der Waals surface area contributed by atoms with E-state index in [9.17, 15) is 19.2 Å². The number of nitrogens with one attached hydrogen (secondary N) is 2. The monoisotopic (exact) mass is 620 g/mol. The van der Waals surface area contributed by atoms with Gasteiger partial charge in [-0.05, 0) is 84.8 Å². The molecule has 1 saturated heterocycles. The molecule has 228 valence electrons. The van der Waals surface area contributed by atoms with Crippen molar-refractivity contribution in [3.05, 3.63) is 120 Å². The number of thioether (sulfide) groups is 1. The maximum absolute atomic E-state index is 13.3. The third-order valence-electron chi connectivity index (χ3n) is 6.88. The summed E-state index contributed by atoms with van der Waals surface area (Å²) in [5, 5.41) is 4.94. The molecule has 4 amide bonds. The van der Waals surface area contributed by atoms with Crippen LogP contribution < -0.4 is 20.3 Å². The van der Waals surface area contributed by atoms with Gasteiger partial charge in [-0.2, -0.15) is 0 Å². The van der Waals surface area contributed by atoms with Crippen molar-refractivity contribution < 1.29 is 23.9 Å². The fourth-order valence-electron chi connectivity index (χ4n) is 4.54. The molecule has 1 aliphatic heterocycles. The smallest absolute Gasteiger partial charge is 0.272 e. The molecule has 2 N–H and O–H groups in total. The van der Waals surface area contributed by atoms with E-state index in [4.69, 9.17) is 4.74 Å². The summed E-state index contributed by atoms with van der Waals surface area (Å²) in [6.45, 7) is 2.71. The summed E-state index contributed by atoms with van der Waals surface area (Å²) >= 11 is 1.30. The number of nitrogens with zero attached hydrogens (tertiary/aromatic N) is 2. The van der Waals surface area contributed by atoms with Gasteiger partial charge in [-0.25, -0.2) is 4.90 Å². The second-order valence-corrected chi connectivity index (χ2v) is 11.5. The Labute approximate surface area is 265 Å². The number of imide groups is 1. The molecule has 9 nitrogen and oxygen atoms in total. The third-order valence-corrected chi connectivity index (χ3v) is 8.08. The Morgan fingerprint density at radius 2 is 1.73 bits per heavy atom. The number of unbranched alkanes of at least 4 members (excludes halogenated alkanes) is 1. The Morgan fingerprint density at radius 3 is 2.42 bits per heavy atom. The van der Waals surface area contributed by atoms with E-state index in [1.165, 1.54) is 16.7 Å². The number of carbonyl (C=O) groups is 4. The Hall–Kier alpha value is -5.22. The van der Waals surface area contributed by atoms with Crippen molar-refractivity contribution in [3.63, 3.8) is 0 Å². The van der Waals surface area contributed by atoms with Gasteiger partial charge in [0.2, 0.25) is 11.8 Å². The lowest BCUT2D eigenvalue weighted by atomic mass is 10.2. The number of pyridine rings is 1. The topological polar surface area (TPSA) is 118 Å². The number of hydrogen-bond acceptors (Lipinski definition) is 7. The van der Waals surface area contributed by atoms with Gasteiger partial charge in [0.05, 0.1) is 17.5 Å². The zero-order chi connectivity index (χ0) is 31.6. The van der Waals surface area contributed by atoms with E-state index in [-0.39, 0.29) is 23.9 Å². The van der Waals surface area contributed by atoms with Gasteiger partial charge in [-0.1, -0.05) is 37.6 Å². The first-order valence-corrected chi connectivity index (χ1v) is 15.4. The van der Waals surface area contributed by atoms with Crippen LogP contribution in [0.25, 0.3) is 6.08 Å². The van der Waals surface area contributed by atoms with Gasteiger partial charge in [-0.15, -0.1) is 11.8 Å². The zero-order valence-corrected chi connectivity index (χ0v) is 25.5. The van der Waals surface area contributed by atoms with Crippen LogP contribution in [0.5, 0.6) is 5.75 Å². The van der Waals surface area contributed by atoms with E-state index >= 15 is 0 Å². The maximum Gasteiger partial charge on any atom is 0.272 e. The molecule has 0 saturated carbocycles. The number of hydrogen-bond donors (Lipinski definition) is 2. The first kappa shape index (κ1) is 31.2. The predicted molar refractivity (Wildman–Crippen MR) is 175 cm³/mol. The van der Waals surface area contributed by atoms with E-state index in [1.807, 2.05) is 0 Å². The summed E-state index contributed by atoms with van der Waals surface area (Å²) in [5.74, 6) is -0.776. The highest BCUT2D eigenvalue weighted by Crippen LogP contribution is 2.35. The minimum Gasteiger partial charge on any atom is -0.494 e. The third kappa shape index (κ3) is 8.24. The Balaban J connectivity index is 1.22. The summed E-state index contributed by atoms with van der Waals surface area (Å²) in [7, 11) is 0. The summed E-state index contributed by atoms with van der Waals surface area (Å²) in [6, 6.07) is 26.1. The second-order valence-electron chi connectivity index (χ2n) is 10.2. The first-order chi connectivity index (χ1) is 21.9. The molecule has 1 aromatic heterocycles. The molecule has 1 fully saturated rings. The van der Waals surface area contributed by atoms with Crippen LogP contribution in [0.2, 0.25) is 0 Å². The normalized spacial score (nSPS) is 14.7. The zero-order valence-electron chi connectivity index (χ0n) is 24.6. The lowest BCUT2D eigenvalue weighted by Crippen LogP contribution is -2.31. The van der Waals surface area contributed by atoms with E-state index < -0.39 is 17.1 Å². The Bertz CT molecular complexity index is 1680. The van der Waals surface area contributed by atoms with Gasteiger partial charge < -0.3 is 15.4 Å². The van der Waals surface area contributed by atoms with Gasteiger partial charge in [0.15, 0.2) is 0 Å². The van der Waals surface area contributed by atoms with Crippen LogP contribution in [0.3, 0.4) is 0 Å². The van der Waals surface area contributed by atoms with Crippen molar-refractivity contribution in [1.29, 1.82) is 0 Å². The van der Waals surface area contributed by atoms with Gasteiger partial charge >= 0.3 is 0 Å². The number of rotatable bonds is 12. The van der Waals surface area contributed by atoms with Crippen molar-refractivity contribution in [3.8, 4) is 5.75 Å². The molecule has 1 unspecified atom stereocenters. The molecule has 1 aliphatic rings. The molecule has 4 aromatic rings. The van der Waals surface area contributed by atoms with Crippen molar-refractivity contribution in [2.75, 3.05) is 16.8 Å². The number of amides is 4. The lowest BCUT2D eigenvalue weighted by Gasteiger charge is -2.16. The van der Waals surface area contributed by atoms with Crippen LogP contribution in [-0.2, 0) is 14.4 Å². The fourth-order valence-corrected chi connectivity index (χ4v) is 5.60. The minimum absolute atomic E-state index is 0.0472. The number of benzene rings is 3. The summed E-state index contributed by atoms with van der Waals surface area (Å²) in [4.78, 5) is 58.1. The van der Waals surface area contributed by atoms with Gasteiger partial charge in [0, 0.05) is 35.0 Å². The highest BCUT2D eigenvalue weighted by molar-refractivity contribution is 8.00. The van der Waals surface area contributed by atoms with Gasteiger partial charge in [-0.3, -0.25) is 24.2 Å². The van der Waals surface area contributed by atoms with Crippen LogP contribution in [-0.4, -0.2) is 40.5 Å². The molecular formula is C35H32N4O5S. The molecule has 45 heavy (non-hydrogen) atoms. The standard InChI is InChI=1S/C35H32N4O5S/c1-2-3-20-44-28-15-13-27(14-16-28)39-32(40)22-31(35(39)43)45-29-17-11-26(12-18-29)37-34(42)30(21-24-8-7-19-36-23-24)38-33(41)25-9-5-4-6-10-25/h4-19,21,23,31H,2-3,20,22H2,1H3,(H,37,42)(H,38,41)/b30-21-.